The van der Waals surface area contributed by atoms with Crippen LogP contribution in [0.1, 0.15) is 6.42 Å². The molecule has 4 heteroatoms. The fourth-order valence-electron chi connectivity index (χ4n) is 2.62. The minimum atomic E-state index is 0.366. The minimum Gasteiger partial charge on any atom is -0.396 e. The van der Waals surface area contributed by atoms with E-state index in [9.17, 15) is 0 Å². The molecule has 2 rings (SSSR count). The van der Waals surface area contributed by atoms with Crippen LogP contribution >= 0.6 is 0 Å². The third-order valence-electron chi connectivity index (χ3n) is 3.96. The Morgan fingerprint density at radius 2 is 1.69 bits per heavy atom. The topological polar surface area (TPSA) is 30.0 Å². The lowest BCUT2D eigenvalue weighted by atomic mass is 10.1. The van der Waals surface area contributed by atoms with Crippen molar-refractivity contribution in [1.82, 2.24) is 14.7 Å². The third-order valence-corrected chi connectivity index (χ3v) is 3.96. The zero-order valence-electron chi connectivity index (χ0n) is 10.4. The Kier molecular flexibility index (Phi) is 4.58. The van der Waals surface area contributed by atoms with Gasteiger partial charge in [0.25, 0.3) is 0 Å². The number of hydrogen-bond acceptors (Lipinski definition) is 4. The van der Waals surface area contributed by atoms with E-state index in [-0.39, 0.29) is 0 Å². The van der Waals surface area contributed by atoms with Gasteiger partial charge in [0.05, 0.1) is 0 Å². The van der Waals surface area contributed by atoms with Gasteiger partial charge in [0, 0.05) is 52.4 Å². The van der Waals surface area contributed by atoms with Gasteiger partial charge in [0.2, 0.25) is 0 Å². The van der Waals surface area contributed by atoms with Gasteiger partial charge in [-0.2, -0.15) is 0 Å². The quantitative estimate of drug-likeness (QED) is 0.704. The number of likely N-dealkylation sites (N-methyl/N-ethyl adjacent to an activating group) is 1. The molecule has 0 radical (unpaired) electrons. The second-order valence-electron chi connectivity index (χ2n) is 5.28. The molecule has 0 aliphatic carbocycles. The van der Waals surface area contributed by atoms with Crippen LogP contribution in [0.3, 0.4) is 0 Å². The van der Waals surface area contributed by atoms with Crippen LogP contribution < -0.4 is 0 Å². The Morgan fingerprint density at radius 3 is 2.31 bits per heavy atom. The van der Waals surface area contributed by atoms with Gasteiger partial charge >= 0.3 is 0 Å². The molecule has 16 heavy (non-hydrogen) atoms. The van der Waals surface area contributed by atoms with Crippen LogP contribution in [0.2, 0.25) is 0 Å². The Bertz CT molecular complexity index is 202. The molecule has 0 aromatic rings. The summed E-state index contributed by atoms with van der Waals surface area (Å²) in [5.41, 5.74) is 0. The molecule has 1 unspecified atom stereocenters. The van der Waals surface area contributed by atoms with Crippen LogP contribution in [-0.2, 0) is 0 Å². The van der Waals surface area contributed by atoms with E-state index < -0.39 is 0 Å². The molecule has 0 spiro atoms. The summed E-state index contributed by atoms with van der Waals surface area (Å²) in [7, 11) is 2.20. The molecule has 2 fully saturated rings. The SMILES string of the molecule is CN1CCN(CCN2CCC(CO)C2)CC1. The van der Waals surface area contributed by atoms with E-state index in [1.54, 1.807) is 0 Å². The normalized spacial score (nSPS) is 30.0. The molecule has 0 amide bonds. The maximum atomic E-state index is 9.09. The molecular formula is C12H25N3O. The second-order valence-corrected chi connectivity index (χ2v) is 5.28. The highest BCUT2D eigenvalue weighted by Gasteiger charge is 2.22. The van der Waals surface area contributed by atoms with E-state index in [0.717, 1.165) is 6.54 Å². The van der Waals surface area contributed by atoms with Crippen LogP contribution in [0.15, 0.2) is 0 Å². The standard InChI is InChI=1S/C12H25N3O/c1-13-4-6-14(7-5-13)8-9-15-3-2-12(10-15)11-16/h12,16H,2-11H2,1H3. The minimum absolute atomic E-state index is 0.366. The van der Waals surface area contributed by atoms with Crippen molar-refractivity contribution in [3.63, 3.8) is 0 Å². The van der Waals surface area contributed by atoms with Crippen LogP contribution in [0.5, 0.6) is 0 Å². The average molecular weight is 227 g/mol. The summed E-state index contributed by atoms with van der Waals surface area (Å²) in [5, 5.41) is 9.09. The third kappa shape index (κ3) is 3.42. The predicted octanol–water partition coefficient (Wildman–Crippen LogP) is -0.452. The number of rotatable bonds is 4. The molecule has 4 nitrogen and oxygen atoms in total. The first-order valence-electron chi connectivity index (χ1n) is 6.52. The number of aliphatic hydroxyl groups is 1. The smallest absolute Gasteiger partial charge is 0.0471 e. The lowest BCUT2D eigenvalue weighted by Gasteiger charge is -2.33. The summed E-state index contributed by atoms with van der Waals surface area (Å²) in [4.78, 5) is 7.46. The highest BCUT2D eigenvalue weighted by molar-refractivity contribution is 4.77. The lowest BCUT2D eigenvalue weighted by molar-refractivity contribution is 0.138. The van der Waals surface area contributed by atoms with Gasteiger partial charge in [-0.15, -0.1) is 0 Å². The first-order chi connectivity index (χ1) is 7.78. The Labute approximate surface area is 98.8 Å². The van der Waals surface area contributed by atoms with Gasteiger partial charge in [0.1, 0.15) is 0 Å². The Balaban J connectivity index is 1.61. The van der Waals surface area contributed by atoms with E-state index in [2.05, 4.69) is 21.7 Å². The molecule has 2 aliphatic heterocycles. The summed E-state index contributed by atoms with van der Waals surface area (Å²) in [5.74, 6) is 0.535. The summed E-state index contributed by atoms with van der Waals surface area (Å²) < 4.78 is 0. The first-order valence-corrected chi connectivity index (χ1v) is 6.52. The average Bonchev–Trinajstić information content (AvgIpc) is 2.76. The fourth-order valence-corrected chi connectivity index (χ4v) is 2.62. The highest BCUT2D eigenvalue weighted by atomic mass is 16.3. The summed E-state index contributed by atoms with van der Waals surface area (Å²) >= 11 is 0. The Morgan fingerprint density at radius 1 is 1.00 bits per heavy atom. The van der Waals surface area contributed by atoms with Gasteiger partial charge in [-0.05, 0) is 25.9 Å². The van der Waals surface area contributed by atoms with Gasteiger partial charge in [-0.3, -0.25) is 4.90 Å². The molecule has 2 aliphatic rings. The number of piperazine rings is 1. The van der Waals surface area contributed by atoms with Crippen molar-refractivity contribution < 1.29 is 5.11 Å². The van der Waals surface area contributed by atoms with E-state index in [4.69, 9.17) is 5.11 Å². The molecule has 0 saturated carbocycles. The first kappa shape index (κ1) is 12.3. The molecule has 1 atom stereocenters. The van der Waals surface area contributed by atoms with Gasteiger partial charge in [-0.25, -0.2) is 0 Å². The predicted molar refractivity (Wildman–Crippen MR) is 65.6 cm³/mol. The van der Waals surface area contributed by atoms with Crippen molar-refractivity contribution in [2.45, 2.75) is 6.42 Å². The fraction of sp³-hybridized carbons (Fsp3) is 1.00. The van der Waals surface area contributed by atoms with Gasteiger partial charge < -0.3 is 14.9 Å². The largest absolute Gasteiger partial charge is 0.396 e. The monoisotopic (exact) mass is 227 g/mol. The van der Waals surface area contributed by atoms with E-state index >= 15 is 0 Å². The second kappa shape index (κ2) is 5.96. The zero-order valence-corrected chi connectivity index (χ0v) is 10.4. The van der Waals surface area contributed by atoms with Crippen LogP contribution in [0.25, 0.3) is 0 Å². The van der Waals surface area contributed by atoms with Crippen molar-refractivity contribution in [3.05, 3.63) is 0 Å². The Hall–Kier alpha value is -0.160. The molecule has 2 saturated heterocycles. The van der Waals surface area contributed by atoms with Crippen LogP contribution in [0.4, 0.5) is 0 Å². The summed E-state index contributed by atoms with van der Waals surface area (Å²) in [6.45, 7) is 9.88. The zero-order chi connectivity index (χ0) is 11.4. The lowest BCUT2D eigenvalue weighted by Crippen LogP contribution is -2.46. The molecule has 2 heterocycles. The molecule has 1 N–H and O–H groups in total. The molecule has 0 bridgehead atoms. The van der Waals surface area contributed by atoms with Crippen molar-refractivity contribution >= 4 is 0 Å². The molecule has 94 valence electrons. The van der Waals surface area contributed by atoms with Gasteiger partial charge in [0.15, 0.2) is 0 Å². The van der Waals surface area contributed by atoms with Crippen molar-refractivity contribution in [1.29, 1.82) is 0 Å². The summed E-state index contributed by atoms with van der Waals surface area (Å²) in [6, 6.07) is 0. The highest BCUT2D eigenvalue weighted by Crippen LogP contribution is 2.14. The maximum Gasteiger partial charge on any atom is 0.0471 e. The summed E-state index contributed by atoms with van der Waals surface area (Å²) in [6.07, 6.45) is 1.18. The molecule has 0 aromatic heterocycles. The van der Waals surface area contributed by atoms with E-state index in [1.807, 2.05) is 0 Å². The number of likely N-dealkylation sites (tertiary alicyclic amines) is 1. The molecular weight excluding hydrogens is 202 g/mol. The van der Waals surface area contributed by atoms with E-state index in [1.165, 1.54) is 52.2 Å². The number of aliphatic hydroxyl groups excluding tert-OH is 1. The number of hydrogen-bond donors (Lipinski definition) is 1. The van der Waals surface area contributed by atoms with Crippen LogP contribution in [-0.4, -0.2) is 85.8 Å². The van der Waals surface area contributed by atoms with Crippen molar-refractivity contribution in [3.8, 4) is 0 Å². The van der Waals surface area contributed by atoms with E-state index in [0.29, 0.717) is 12.5 Å². The van der Waals surface area contributed by atoms with Crippen LogP contribution in [0, 0.1) is 5.92 Å². The van der Waals surface area contributed by atoms with Gasteiger partial charge in [-0.1, -0.05) is 0 Å². The maximum absolute atomic E-state index is 9.09. The molecule has 0 aromatic carbocycles. The van der Waals surface area contributed by atoms with Crippen molar-refractivity contribution in [2.24, 2.45) is 5.92 Å². The van der Waals surface area contributed by atoms with Crippen molar-refractivity contribution in [2.75, 3.05) is 66.0 Å². The number of nitrogens with zero attached hydrogens (tertiary/aromatic N) is 3.